The molecule has 2 aromatic carbocycles. The summed E-state index contributed by atoms with van der Waals surface area (Å²) in [6, 6.07) is 18.4. The molecule has 1 aromatic heterocycles. The molecule has 0 radical (unpaired) electrons. The van der Waals surface area contributed by atoms with Gasteiger partial charge in [0.1, 0.15) is 0 Å². The number of aromatic nitrogens is 2. The fourth-order valence-electron chi connectivity index (χ4n) is 2.61. The van der Waals surface area contributed by atoms with Crippen molar-refractivity contribution in [1.29, 1.82) is 0 Å². The highest BCUT2D eigenvalue weighted by molar-refractivity contribution is 7.98. The summed E-state index contributed by atoms with van der Waals surface area (Å²) in [6.45, 7) is 3.99. The zero-order chi connectivity index (χ0) is 16.9. The molecule has 1 N–H and O–H groups in total. The van der Waals surface area contributed by atoms with Gasteiger partial charge < -0.3 is 4.98 Å². The minimum absolute atomic E-state index is 0.0434. The Kier molecular flexibility index (Phi) is 5.16. The molecule has 0 amide bonds. The van der Waals surface area contributed by atoms with Gasteiger partial charge in [-0.05, 0) is 25.0 Å². The molecule has 0 aliphatic carbocycles. The maximum Gasteiger partial charge on any atom is 0.255 e. The van der Waals surface area contributed by atoms with E-state index in [0.29, 0.717) is 11.6 Å². The Hall–Kier alpha value is -2.33. The standard InChI is InChI=1S/C20H20N2OS/c1-14-7-6-10-17(11-14)13-24-20-21-15(2)18(19(23)22-20)12-16-8-4-3-5-9-16/h3-11H,12-13H2,1-2H3,(H,21,22,23). The topological polar surface area (TPSA) is 45.8 Å². The summed E-state index contributed by atoms with van der Waals surface area (Å²) >= 11 is 1.56. The van der Waals surface area contributed by atoms with Crippen molar-refractivity contribution in [1.82, 2.24) is 9.97 Å². The Labute approximate surface area is 146 Å². The van der Waals surface area contributed by atoms with Crippen molar-refractivity contribution in [3.05, 3.63) is 92.9 Å². The van der Waals surface area contributed by atoms with E-state index in [1.54, 1.807) is 11.8 Å². The molecule has 0 atom stereocenters. The molecule has 3 nitrogen and oxygen atoms in total. The molecule has 0 unspecified atom stereocenters. The third-order valence-electron chi connectivity index (χ3n) is 3.88. The first kappa shape index (κ1) is 16.5. The maximum absolute atomic E-state index is 12.4. The van der Waals surface area contributed by atoms with Gasteiger partial charge in [-0.25, -0.2) is 4.98 Å². The summed E-state index contributed by atoms with van der Waals surface area (Å²) in [4.78, 5) is 19.9. The van der Waals surface area contributed by atoms with Crippen LogP contribution in [0.2, 0.25) is 0 Å². The smallest absolute Gasteiger partial charge is 0.255 e. The lowest BCUT2D eigenvalue weighted by molar-refractivity contribution is 0.866. The van der Waals surface area contributed by atoms with E-state index in [1.807, 2.05) is 37.3 Å². The molecule has 0 fully saturated rings. The van der Waals surface area contributed by atoms with Gasteiger partial charge in [0, 0.05) is 23.4 Å². The van der Waals surface area contributed by atoms with Crippen molar-refractivity contribution in [3.8, 4) is 0 Å². The molecule has 0 aliphatic heterocycles. The Morgan fingerprint density at radius 1 is 1.00 bits per heavy atom. The summed E-state index contributed by atoms with van der Waals surface area (Å²) in [5.74, 6) is 0.794. The van der Waals surface area contributed by atoms with E-state index >= 15 is 0 Å². The summed E-state index contributed by atoms with van der Waals surface area (Å²) in [7, 11) is 0. The van der Waals surface area contributed by atoms with Gasteiger partial charge in [0.25, 0.3) is 5.56 Å². The van der Waals surface area contributed by atoms with Crippen molar-refractivity contribution in [2.45, 2.75) is 31.2 Å². The number of H-pyrrole nitrogens is 1. The molecule has 122 valence electrons. The number of nitrogens with one attached hydrogen (secondary N) is 1. The molecule has 1 heterocycles. The summed E-state index contributed by atoms with van der Waals surface area (Å²) < 4.78 is 0. The normalized spacial score (nSPS) is 10.8. The number of aryl methyl sites for hydroxylation is 2. The first-order valence-corrected chi connectivity index (χ1v) is 8.92. The molecule has 3 rings (SSSR count). The zero-order valence-electron chi connectivity index (χ0n) is 13.9. The second kappa shape index (κ2) is 7.49. The SMILES string of the molecule is Cc1cccc(CSc2nc(C)c(Cc3ccccc3)c(=O)[nH]2)c1. The summed E-state index contributed by atoms with van der Waals surface area (Å²) in [5, 5.41) is 0.677. The number of rotatable bonds is 5. The van der Waals surface area contributed by atoms with Crippen LogP contribution in [-0.2, 0) is 12.2 Å². The van der Waals surface area contributed by atoms with Crippen molar-refractivity contribution in [2.24, 2.45) is 0 Å². The Bertz CT molecular complexity index is 888. The molecule has 0 spiro atoms. The molecule has 0 aliphatic rings. The molecular formula is C20H20N2OS. The Morgan fingerprint density at radius 2 is 1.75 bits per heavy atom. The predicted octanol–water partition coefficient (Wildman–Crippen LogP) is 4.27. The van der Waals surface area contributed by atoms with Crippen LogP contribution in [0.3, 0.4) is 0 Å². The molecule has 24 heavy (non-hydrogen) atoms. The Balaban J connectivity index is 1.76. The first-order chi connectivity index (χ1) is 11.6. The van der Waals surface area contributed by atoms with Crippen molar-refractivity contribution in [3.63, 3.8) is 0 Å². The van der Waals surface area contributed by atoms with E-state index in [2.05, 4.69) is 41.2 Å². The van der Waals surface area contributed by atoms with Gasteiger partial charge in [0.2, 0.25) is 0 Å². The van der Waals surface area contributed by atoms with Crippen molar-refractivity contribution in [2.75, 3.05) is 0 Å². The van der Waals surface area contributed by atoms with Crippen molar-refractivity contribution < 1.29 is 0 Å². The molecular weight excluding hydrogens is 316 g/mol. The van der Waals surface area contributed by atoms with Gasteiger partial charge in [-0.15, -0.1) is 0 Å². The van der Waals surface area contributed by atoms with Crippen LogP contribution in [0, 0.1) is 13.8 Å². The lowest BCUT2D eigenvalue weighted by Gasteiger charge is -2.07. The number of nitrogens with zero attached hydrogens (tertiary/aromatic N) is 1. The lowest BCUT2D eigenvalue weighted by Crippen LogP contribution is -2.17. The number of thioether (sulfide) groups is 1. The van der Waals surface area contributed by atoms with Gasteiger partial charge in [-0.2, -0.15) is 0 Å². The van der Waals surface area contributed by atoms with E-state index in [4.69, 9.17) is 0 Å². The summed E-state index contributed by atoms with van der Waals surface area (Å²) in [5.41, 5.74) is 5.08. The van der Waals surface area contributed by atoms with E-state index in [-0.39, 0.29) is 5.56 Å². The largest absolute Gasteiger partial charge is 0.301 e. The Morgan fingerprint density at radius 3 is 2.46 bits per heavy atom. The number of hydrogen-bond donors (Lipinski definition) is 1. The average molecular weight is 336 g/mol. The number of hydrogen-bond acceptors (Lipinski definition) is 3. The highest BCUT2D eigenvalue weighted by Crippen LogP contribution is 2.20. The van der Waals surface area contributed by atoms with E-state index in [9.17, 15) is 4.79 Å². The van der Waals surface area contributed by atoms with E-state index < -0.39 is 0 Å². The molecule has 0 saturated heterocycles. The molecule has 0 bridgehead atoms. The van der Waals surface area contributed by atoms with Crippen LogP contribution in [0.1, 0.15) is 27.9 Å². The predicted molar refractivity (Wildman–Crippen MR) is 99.6 cm³/mol. The molecule has 4 heteroatoms. The molecule has 0 saturated carbocycles. The first-order valence-electron chi connectivity index (χ1n) is 7.94. The summed E-state index contributed by atoms with van der Waals surface area (Å²) in [6.07, 6.45) is 0.609. The maximum atomic E-state index is 12.4. The fourth-order valence-corrected chi connectivity index (χ4v) is 3.46. The van der Waals surface area contributed by atoms with Crippen LogP contribution in [0.4, 0.5) is 0 Å². The minimum atomic E-state index is -0.0434. The van der Waals surface area contributed by atoms with E-state index in [0.717, 1.165) is 22.6 Å². The van der Waals surface area contributed by atoms with Crippen LogP contribution in [0.5, 0.6) is 0 Å². The highest BCUT2D eigenvalue weighted by Gasteiger charge is 2.09. The second-order valence-electron chi connectivity index (χ2n) is 5.88. The van der Waals surface area contributed by atoms with Crippen LogP contribution in [-0.4, -0.2) is 9.97 Å². The third-order valence-corrected chi connectivity index (χ3v) is 4.83. The zero-order valence-corrected chi connectivity index (χ0v) is 14.7. The monoisotopic (exact) mass is 336 g/mol. The van der Waals surface area contributed by atoms with Gasteiger partial charge in [0.15, 0.2) is 5.16 Å². The van der Waals surface area contributed by atoms with Gasteiger partial charge in [0.05, 0.1) is 0 Å². The second-order valence-corrected chi connectivity index (χ2v) is 6.84. The van der Waals surface area contributed by atoms with Crippen LogP contribution < -0.4 is 5.56 Å². The van der Waals surface area contributed by atoms with E-state index in [1.165, 1.54) is 11.1 Å². The fraction of sp³-hybridized carbons (Fsp3) is 0.200. The number of aromatic amines is 1. The lowest BCUT2D eigenvalue weighted by atomic mass is 10.1. The van der Waals surface area contributed by atoms with Crippen molar-refractivity contribution >= 4 is 11.8 Å². The highest BCUT2D eigenvalue weighted by atomic mass is 32.2. The van der Waals surface area contributed by atoms with Gasteiger partial charge in [-0.1, -0.05) is 71.9 Å². The van der Waals surface area contributed by atoms with Crippen LogP contribution in [0.15, 0.2) is 64.5 Å². The van der Waals surface area contributed by atoms with Gasteiger partial charge >= 0.3 is 0 Å². The third kappa shape index (κ3) is 4.15. The average Bonchev–Trinajstić information content (AvgIpc) is 2.57. The minimum Gasteiger partial charge on any atom is -0.301 e. The molecule has 3 aromatic rings. The number of benzene rings is 2. The van der Waals surface area contributed by atoms with Crippen LogP contribution >= 0.6 is 11.8 Å². The van der Waals surface area contributed by atoms with Gasteiger partial charge in [-0.3, -0.25) is 4.79 Å². The quantitative estimate of drug-likeness (QED) is 0.559. The van der Waals surface area contributed by atoms with Crippen LogP contribution in [0.25, 0.3) is 0 Å².